The highest BCUT2D eigenvalue weighted by atomic mass is 31.2. The van der Waals surface area contributed by atoms with Gasteiger partial charge in [0.15, 0.2) is 16.6 Å². The van der Waals surface area contributed by atoms with E-state index in [-0.39, 0.29) is 22.8 Å². The zero-order chi connectivity index (χ0) is 21.0. The van der Waals surface area contributed by atoms with Gasteiger partial charge < -0.3 is 8.85 Å². The lowest BCUT2D eigenvalue weighted by Crippen LogP contribution is -2.49. The fourth-order valence-electron chi connectivity index (χ4n) is 1.58. The first-order chi connectivity index (χ1) is 11.4. The molecule has 0 saturated carbocycles. The van der Waals surface area contributed by atoms with Gasteiger partial charge in [-0.2, -0.15) is 0 Å². The molecule has 0 aliphatic heterocycles. The number of rotatable bonds is 10. The zero-order valence-corrected chi connectivity index (χ0v) is 21.8. The second-order valence-corrected chi connectivity index (χ2v) is 21.1. The van der Waals surface area contributed by atoms with E-state index in [9.17, 15) is 4.57 Å². The van der Waals surface area contributed by atoms with Crippen LogP contribution in [-0.4, -0.2) is 50.2 Å². The quantitative estimate of drug-likeness (QED) is 0.323. The topological polar surface area (TPSA) is 63.2 Å². The van der Waals surface area contributed by atoms with Crippen molar-refractivity contribution in [2.45, 2.75) is 83.9 Å². The first-order valence-electron chi connectivity index (χ1n) is 9.08. The fourth-order valence-corrected chi connectivity index (χ4v) is 4.65. The van der Waals surface area contributed by atoms with Gasteiger partial charge in [0.2, 0.25) is 0 Å². The van der Waals surface area contributed by atoms with Gasteiger partial charge in [-0.25, -0.2) is 4.57 Å². The number of phosphoric acid groups is 1. The normalized spacial score (nSPS) is 16.0. The van der Waals surface area contributed by atoms with Crippen LogP contribution in [0, 0.1) is 0 Å². The van der Waals surface area contributed by atoms with Gasteiger partial charge in [-0.05, 0) is 36.3 Å². The molecule has 26 heavy (non-hydrogen) atoms. The Labute approximate surface area is 163 Å². The molecule has 9 heteroatoms. The van der Waals surface area contributed by atoms with Gasteiger partial charge in [0.25, 0.3) is 0 Å². The molecular weight excluding hydrogens is 387 g/mol. The molecule has 0 saturated heterocycles. The molecule has 0 N–H and O–H groups in total. The first-order valence-corrected chi connectivity index (χ1v) is 16.4. The molecule has 6 nitrogen and oxygen atoms in total. The van der Waals surface area contributed by atoms with Gasteiger partial charge >= 0.3 is 7.82 Å². The van der Waals surface area contributed by atoms with Crippen molar-refractivity contribution in [3.8, 4) is 0 Å². The maximum Gasteiger partial charge on any atom is 0.474 e. The van der Waals surface area contributed by atoms with E-state index >= 15 is 0 Å². The average molecular weight is 429 g/mol. The van der Waals surface area contributed by atoms with Gasteiger partial charge in [0.1, 0.15) is 0 Å². The van der Waals surface area contributed by atoms with E-state index in [0.29, 0.717) is 6.61 Å². The largest absolute Gasteiger partial charge is 0.474 e. The molecule has 0 fully saturated rings. The number of phosphoric ester groups is 1. The number of hydrogen-bond donors (Lipinski definition) is 0. The van der Waals surface area contributed by atoms with Crippen molar-refractivity contribution >= 4 is 24.5 Å². The van der Waals surface area contributed by atoms with Crippen LogP contribution in [0.2, 0.25) is 36.3 Å². The molecule has 0 aromatic heterocycles. The third kappa shape index (κ3) is 7.83. The summed E-state index contributed by atoms with van der Waals surface area (Å²) in [7, 11) is -4.91. The Balaban J connectivity index is 5.27. The Morgan fingerprint density at radius 3 is 1.58 bits per heavy atom. The third-order valence-corrected chi connectivity index (χ3v) is 16.0. The summed E-state index contributed by atoms with van der Waals surface area (Å²) in [6.45, 7) is 22.4. The van der Waals surface area contributed by atoms with E-state index in [1.807, 2.05) is 0 Å². The van der Waals surface area contributed by atoms with Crippen LogP contribution in [0.5, 0.6) is 0 Å². The van der Waals surface area contributed by atoms with Crippen molar-refractivity contribution in [3.63, 3.8) is 0 Å². The summed E-state index contributed by atoms with van der Waals surface area (Å²) in [6, 6.07) is 0. The average Bonchev–Trinajstić information content (AvgIpc) is 2.47. The van der Waals surface area contributed by atoms with Crippen LogP contribution < -0.4 is 0 Å². The summed E-state index contributed by atoms with van der Waals surface area (Å²) < 4.78 is 40.2. The minimum atomic E-state index is -3.55. The molecule has 0 spiro atoms. The summed E-state index contributed by atoms with van der Waals surface area (Å²) in [4.78, 5) is 0. The van der Waals surface area contributed by atoms with Crippen LogP contribution >= 0.6 is 7.82 Å². The fraction of sp³-hybridized carbons (Fsp3) is 1.00. The lowest BCUT2D eigenvalue weighted by molar-refractivity contribution is 0.0462. The molecule has 0 amide bonds. The molecular formula is C17H41O6PSi2. The van der Waals surface area contributed by atoms with Gasteiger partial charge in [-0.15, -0.1) is 0 Å². The van der Waals surface area contributed by atoms with Gasteiger partial charge in [0.05, 0.1) is 19.3 Å². The lowest BCUT2D eigenvalue weighted by atomic mass is 10.2. The maximum absolute atomic E-state index is 12.2. The predicted molar refractivity (Wildman–Crippen MR) is 113 cm³/mol. The molecule has 158 valence electrons. The Kier molecular flexibility index (Phi) is 9.47. The van der Waals surface area contributed by atoms with Crippen LogP contribution in [0.1, 0.15) is 41.5 Å². The highest BCUT2D eigenvalue weighted by Gasteiger charge is 2.42. The third-order valence-electron chi connectivity index (χ3n) is 5.57. The van der Waals surface area contributed by atoms with Crippen molar-refractivity contribution in [1.29, 1.82) is 0 Å². The molecule has 0 heterocycles. The highest BCUT2D eigenvalue weighted by molar-refractivity contribution is 7.48. The van der Waals surface area contributed by atoms with E-state index in [1.165, 1.54) is 14.2 Å². The second-order valence-electron chi connectivity index (χ2n) is 9.68. The molecule has 0 bridgehead atoms. The van der Waals surface area contributed by atoms with Gasteiger partial charge in [-0.3, -0.25) is 13.6 Å². The van der Waals surface area contributed by atoms with E-state index < -0.39 is 24.5 Å². The zero-order valence-electron chi connectivity index (χ0n) is 18.9. The van der Waals surface area contributed by atoms with Crippen molar-refractivity contribution < 1.29 is 27.0 Å². The molecule has 1 atom stereocenters. The number of hydrogen-bond acceptors (Lipinski definition) is 6. The summed E-state index contributed by atoms with van der Waals surface area (Å²) in [5, 5.41) is 0.151. The molecule has 0 aromatic carbocycles. The van der Waals surface area contributed by atoms with Crippen molar-refractivity contribution in [2.24, 2.45) is 0 Å². The molecule has 0 radical (unpaired) electrons. The Hall–Kier alpha value is 0.464. The molecule has 0 aromatic rings. The second kappa shape index (κ2) is 9.31. The minimum absolute atomic E-state index is 0.0500. The smallest absolute Gasteiger partial charge is 0.414 e. The Morgan fingerprint density at radius 1 is 0.808 bits per heavy atom. The highest BCUT2D eigenvalue weighted by Crippen LogP contribution is 2.48. The van der Waals surface area contributed by atoms with Crippen LogP contribution in [-0.2, 0) is 27.0 Å². The standard InChI is InChI=1S/C17H41O6PSi2/c1-16(2,3)25(9,10)22-14-15(13-21-24(18,19-7)20-8)23-26(11,12)17(4,5)6/h15H,13-14H2,1-12H3. The van der Waals surface area contributed by atoms with Gasteiger partial charge in [-0.1, -0.05) is 41.5 Å². The molecule has 1 unspecified atom stereocenters. The van der Waals surface area contributed by atoms with E-state index in [0.717, 1.165) is 0 Å². The summed E-state index contributed by atoms with van der Waals surface area (Å²) in [6.07, 6.45) is -0.330. The van der Waals surface area contributed by atoms with E-state index in [1.54, 1.807) is 0 Å². The SMILES string of the molecule is COP(=O)(OC)OCC(CO[Si](C)(C)C(C)(C)C)O[Si](C)(C)C(C)(C)C. The molecule has 0 aliphatic carbocycles. The predicted octanol–water partition coefficient (Wildman–Crippen LogP) is 5.82. The Morgan fingerprint density at radius 2 is 1.23 bits per heavy atom. The van der Waals surface area contributed by atoms with E-state index in [4.69, 9.17) is 22.4 Å². The first kappa shape index (κ1) is 26.5. The minimum Gasteiger partial charge on any atom is -0.414 e. The van der Waals surface area contributed by atoms with Crippen LogP contribution in [0.3, 0.4) is 0 Å². The lowest BCUT2D eigenvalue weighted by Gasteiger charge is -2.41. The maximum atomic E-state index is 12.2. The van der Waals surface area contributed by atoms with Crippen molar-refractivity contribution in [1.82, 2.24) is 0 Å². The molecule has 0 aliphatic rings. The van der Waals surface area contributed by atoms with E-state index in [2.05, 4.69) is 67.7 Å². The van der Waals surface area contributed by atoms with Crippen molar-refractivity contribution in [2.75, 3.05) is 27.4 Å². The van der Waals surface area contributed by atoms with Crippen LogP contribution in [0.4, 0.5) is 0 Å². The summed E-state index contributed by atoms with van der Waals surface area (Å²) >= 11 is 0. The summed E-state index contributed by atoms with van der Waals surface area (Å²) in [5.74, 6) is 0. The van der Waals surface area contributed by atoms with Crippen LogP contribution in [0.15, 0.2) is 0 Å². The monoisotopic (exact) mass is 428 g/mol. The summed E-state index contributed by atoms with van der Waals surface area (Å²) in [5.41, 5.74) is 0. The van der Waals surface area contributed by atoms with Gasteiger partial charge in [0, 0.05) is 14.2 Å². The molecule has 0 rings (SSSR count). The van der Waals surface area contributed by atoms with Crippen molar-refractivity contribution in [3.05, 3.63) is 0 Å². The Bertz CT molecular complexity index is 475. The van der Waals surface area contributed by atoms with Crippen LogP contribution in [0.25, 0.3) is 0 Å².